The summed E-state index contributed by atoms with van der Waals surface area (Å²) in [6.07, 6.45) is 6.27. The summed E-state index contributed by atoms with van der Waals surface area (Å²) >= 11 is 0. The van der Waals surface area contributed by atoms with E-state index in [0.29, 0.717) is 23.6 Å². The molecule has 1 amide bonds. The van der Waals surface area contributed by atoms with Crippen LogP contribution in [-0.2, 0) is 6.54 Å². The van der Waals surface area contributed by atoms with Gasteiger partial charge in [0.1, 0.15) is 0 Å². The standard InChI is InChI=1S/C19H17N5O2/c1-13(25)15-2-4-17(5-3-15)24-19-22-11-16(12-23-19)18(26)21-10-14-6-8-20-9-7-14/h2-9,11-12H,10H2,1H3,(H,21,26)(H,22,23,24). The molecule has 0 unspecified atom stereocenters. The summed E-state index contributed by atoms with van der Waals surface area (Å²) in [5, 5.41) is 5.82. The fourth-order valence-corrected chi connectivity index (χ4v) is 2.21. The predicted molar refractivity (Wildman–Crippen MR) is 97.2 cm³/mol. The molecule has 0 saturated heterocycles. The molecule has 0 aliphatic carbocycles. The molecule has 0 bridgehead atoms. The molecule has 1 aromatic carbocycles. The number of hydrogen-bond donors (Lipinski definition) is 2. The number of anilines is 2. The van der Waals surface area contributed by atoms with Gasteiger partial charge in [0.15, 0.2) is 5.78 Å². The third-order valence-corrected chi connectivity index (χ3v) is 3.66. The van der Waals surface area contributed by atoms with E-state index in [1.54, 1.807) is 36.7 Å². The highest BCUT2D eigenvalue weighted by atomic mass is 16.1. The van der Waals surface area contributed by atoms with E-state index in [9.17, 15) is 9.59 Å². The second-order valence-electron chi connectivity index (χ2n) is 5.59. The van der Waals surface area contributed by atoms with Gasteiger partial charge in [-0.25, -0.2) is 9.97 Å². The van der Waals surface area contributed by atoms with Crippen LogP contribution in [0.2, 0.25) is 0 Å². The first-order valence-corrected chi connectivity index (χ1v) is 7.99. The maximum Gasteiger partial charge on any atom is 0.254 e. The zero-order valence-corrected chi connectivity index (χ0v) is 14.1. The second-order valence-corrected chi connectivity index (χ2v) is 5.59. The maximum atomic E-state index is 12.1. The lowest BCUT2D eigenvalue weighted by atomic mass is 10.1. The number of Topliss-reactive ketones (excluding diaryl/α,β-unsaturated/α-hetero) is 1. The quantitative estimate of drug-likeness (QED) is 0.666. The lowest BCUT2D eigenvalue weighted by Crippen LogP contribution is -2.23. The van der Waals surface area contributed by atoms with Gasteiger partial charge in [-0.05, 0) is 48.9 Å². The molecule has 3 rings (SSSR count). The summed E-state index contributed by atoms with van der Waals surface area (Å²) in [6.45, 7) is 1.92. The molecule has 7 nitrogen and oxygen atoms in total. The van der Waals surface area contributed by atoms with E-state index in [4.69, 9.17) is 0 Å². The molecule has 0 radical (unpaired) electrons. The van der Waals surface area contributed by atoms with E-state index in [2.05, 4.69) is 25.6 Å². The summed E-state index contributed by atoms with van der Waals surface area (Å²) in [6, 6.07) is 10.7. The van der Waals surface area contributed by atoms with E-state index < -0.39 is 0 Å². The van der Waals surface area contributed by atoms with Gasteiger partial charge in [-0.1, -0.05) is 0 Å². The van der Waals surface area contributed by atoms with Crippen LogP contribution in [0.3, 0.4) is 0 Å². The number of nitrogens with zero attached hydrogens (tertiary/aromatic N) is 3. The van der Waals surface area contributed by atoms with Crippen molar-refractivity contribution in [3.8, 4) is 0 Å². The molecule has 0 spiro atoms. The molecular formula is C19H17N5O2. The van der Waals surface area contributed by atoms with E-state index in [-0.39, 0.29) is 11.7 Å². The van der Waals surface area contributed by atoms with E-state index in [1.165, 1.54) is 19.3 Å². The molecule has 3 aromatic rings. The number of hydrogen-bond acceptors (Lipinski definition) is 6. The van der Waals surface area contributed by atoms with Gasteiger partial charge in [0.25, 0.3) is 5.91 Å². The van der Waals surface area contributed by atoms with Crippen LogP contribution in [0.25, 0.3) is 0 Å². The molecule has 7 heteroatoms. The van der Waals surface area contributed by atoms with Crippen molar-refractivity contribution in [2.75, 3.05) is 5.32 Å². The van der Waals surface area contributed by atoms with Gasteiger partial charge in [0, 0.05) is 42.6 Å². The van der Waals surface area contributed by atoms with Gasteiger partial charge in [-0.2, -0.15) is 0 Å². The Labute approximate surface area is 150 Å². The number of pyridine rings is 1. The number of aromatic nitrogens is 3. The van der Waals surface area contributed by atoms with Crippen molar-refractivity contribution >= 4 is 23.3 Å². The predicted octanol–water partition coefficient (Wildman–Crippen LogP) is 2.75. The molecule has 26 heavy (non-hydrogen) atoms. The molecule has 0 fully saturated rings. The number of ketones is 1. The van der Waals surface area contributed by atoms with Gasteiger partial charge >= 0.3 is 0 Å². The van der Waals surface area contributed by atoms with Crippen molar-refractivity contribution in [1.29, 1.82) is 0 Å². The van der Waals surface area contributed by atoms with Crippen molar-refractivity contribution in [3.05, 3.63) is 77.9 Å². The van der Waals surface area contributed by atoms with Crippen molar-refractivity contribution in [2.45, 2.75) is 13.5 Å². The maximum absolute atomic E-state index is 12.1. The SMILES string of the molecule is CC(=O)c1ccc(Nc2ncc(C(=O)NCc3ccncc3)cn2)cc1. The van der Waals surface area contributed by atoms with E-state index in [1.807, 2.05) is 12.1 Å². The molecule has 2 N–H and O–H groups in total. The Kier molecular flexibility index (Phi) is 5.28. The van der Waals surface area contributed by atoms with E-state index >= 15 is 0 Å². The molecule has 130 valence electrons. The van der Waals surface area contributed by atoms with Crippen LogP contribution in [0.1, 0.15) is 33.2 Å². The first-order chi connectivity index (χ1) is 12.6. The summed E-state index contributed by atoms with van der Waals surface area (Å²) < 4.78 is 0. The average molecular weight is 347 g/mol. The highest BCUT2D eigenvalue weighted by Crippen LogP contribution is 2.14. The highest BCUT2D eigenvalue weighted by molar-refractivity contribution is 5.94. The Morgan fingerprint density at radius 1 is 0.923 bits per heavy atom. The molecular weight excluding hydrogens is 330 g/mol. The average Bonchev–Trinajstić information content (AvgIpc) is 2.68. The molecule has 2 aromatic heterocycles. The van der Waals surface area contributed by atoms with Gasteiger partial charge in [0.05, 0.1) is 5.56 Å². The van der Waals surface area contributed by atoms with Crippen LogP contribution in [-0.4, -0.2) is 26.6 Å². The fourth-order valence-electron chi connectivity index (χ4n) is 2.21. The fraction of sp³-hybridized carbons (Fsp3) is 0.105. The van der Waals surface area contributed by atoms with Gasteiger partial charge < -0.3 is 10.6 Å². The summed E-state index contributed by atoms with van der Waals surface area (Å²) in [7, 11) is 0. The summed E-state index contributed by atoms with van der Waals surface area (Å²) in [4.78, 5) is 35.6. The lowest BCUT2D eigenvalue weighted by molar-refractivity contribution is 0.0949. The Morgan fingerprint density at radius 2 is 1.58 bits per heavy atom. The Morgan fingerprint density at radius 3 is 2.19 bits per heavy atom. The molecule has 2 heterocycles. The molecule has 0 atom stereocenters. The van der Waals surface area contributed by atoms with Crippen LogP contribution in [0.15, 0.2) is 61.2 Å². The first-order valence-electron chi connectivity index (χ1n) is 7.99. The van der Waals surface area contributed by atoms with Crippen molar-refractivity contribution in [1.82, 2.24) is 20.3 Å². The number of carbonyl (C=O) groups excluding carboxylic acids is 2. The van der Waals surface area contributed by atoms with Crippen molar-refractivity contribution in [2.24, 2.45) is 0 Å². The number of rotatable bonds is 6. The minimum atomic E-state index is -0.251. The highest BCUT2D eigenvalue weighted by Gasteiger charge is 2.07. The van der Waals surface area contributed by atoms with Crippen LogP contribution < -0.4 is 10.6 Å². The number of amides is 1. The van der Waals surface area contributed by atoms with Gasteiger partial charge in [-0.15, -0.1) is 0 Å². The zero-order valence-electron chi connectivity index (χ0n) is 14.1. The van der Waals surface area contributed by atoms with Crippen LogP contribution in [0, 0.1) is 0 Å². The van der Waals surface area contributed by atoms with Crippen LogP contribution >= 0.6 is 0 Å². The third kappa shape index (κ3) is 4.47. The van der Waals surface area contributed by atoms with Crippen LogP contribution in [0.4, 0.5) is 11.6 Å². The minimum Gasteiger partial charge on any atom is -0.348 e. The summed E-state index contributed by atoms with van der Waals surface area (Å²) in [5.41, 5.74) is 2.72. The number of benzene rings is 1. The second kappa shape index (κ2) is 7.98. The van der Waals surface area contributed by atoms with Gasteiger partial charge in [0.2, 0.25) is 5.95 Å². The Hall–Kier alpha value is -3.61. The zero-order chi connectivity index (χ0) is 18.4. The number of carbonyl (C=O) groups is 2. The topological polar surface area (TPSA) is 96.9 Å². The van der Waals surface area contributed by atoms with Crippen molar-refractivity contribution < 1.29 is 9.59 Å². The monoisotopic (exact) mass is 347 g/mol. The molecule has 0 aliphatic rings. The lowest BCUT2D eigenvalue weighted by Gasteiger charge is -2.07. The summed E-state index contributed by atoms with van der Waals surface area (Å²) in [5.74, 6) is 0.125. The molecule has 0 aliphatic heterocycles. The smallest absolute Gasteiger partial charge is 0.254 e. The Bertz CT molecular complexity index is 893. The minimum absolute atomic E-state index is 0.00920. The third-order valence-electron chi connectivity index (χ3n) is 3.66. The van der Waals surface area contributed by atoms with E-state index in [0.717, 1.165) is 11.3 Å². The normalized spacial score (nSPS) is 10.2. The van der Waals surface area contributed by atoms with Crippen LogP contribution in [0.5, 0.6) is 0 Å². The van der Waals surface area contributed by atoms with Crippen molar-refractivity contribution in [3.63, 3.8) is 0 Å². The van der Waals surface area contributed by atoms with Gasteiger partial charge in [-0.3, -0.25) is 14.6 Å². The first kappa shape index (κ1) is 17.2. The molecule has 0 saturated carbocycles. The number of nitrogens with one attached hydrogen (secondary N) is 2. The Balaban J connectivity index is 1.59. The largest absolute Gasteiger partial charge is 0.348 e.